The van der Waals surface area contributed by atoms with Crippen molar-refractivity contribution in [1.29, 1.82) is 0 Å². The molecule has 0 amide bonds. The van der Waals surface area contributed by atoms with Crippen molar-refractivity contribution in [1.82, 2.24) is 0 Å². The van der Waals surface area contributed by atoms with Crippen molar-refractivity contribution in [3.63, 3.8) is 0 Å². The molecule has 0 N–H and O–H groups in total. The van der Waals surface area contributed by atoms with Gasteiger partial charge in [0.15, 0.2) is 5.78 Å². The van der Waals surface area contributed by atoms with E-state index in [9.17, 15) is 4.79 Å². The third kappa shape index (κ3) is 2.59. The number of Topliss-reactive ketones (excluding diaryl/α,β-unsaturated/α-hetero) is 1. The second-order valence-electron chi connectivity index (χ2n) is 4.85. The second kappa shape index (κ2) is 5.37. The monoisotopic (exact) mass is 252 g/mol. The molecule has 0 fully saturated rings. The average Bonchev–Trinajstić information content (AvgIpc) is 2.48. The molecule has 0 saturated carbocycles. The smallest absolute Gasteiger partial charge is 0.191 e. The number of hydrogen-bond donors (Lipinski definition) is 0. The predicted molar refractivity (Wildman–Crippen MR) is 74.1 cm³/mol. The Balaban J connectivity index is 1.69. The van der Waals surface area contributed by atoms with Crippen LogP contribution in [0, 0.1) is 0 Å². The molecule has 0 saturated heterocycles. The first-order chi connectivity index (χ1) is 9.34. The van der Waals surface area contributed by atoms with Gasteiger partial charge in [0.2, 0.25) is 0 Å². The Morgan fingerprint density at radius 1 is 1.00 bits per heavy atom. The molecular weight excluding hydrogens is 236 g/mol. The summed E-state index contributed by atoms with van der Waals surface area (Å²) < 4.78 is 5.79. The largest absolute Gasteiger partial charge is 0.365 e. The summed E-state index contributed by atoms with van der Waals surface area (Å²) in [6.07, 6.45) is 1.40. The zero-order chi connectivity index (χ0) is 13.1. The van der Waals surface area contributed by atoms with Gasteiger partial charge in [-0.05, 0) is 24.0 Å². The topological polar surface area (TPSA) is 26.3 Å². The van der Waals surface area contributed by atoms with Crippen molar-refractivity contribution in [2.24, 2.45) is 0 Å². The zero-order valence-corrected chi connectivity index (χ0v) is 10.7. The fourth-order valence-electron chi connectivity index (χ4n) is 2.50. The summed E-state index contributed by atoms with van der Waals surface area (Å²) in [6, 6.07) is 17.8. The van der Waals surface area contributed by atoms with E-state index in [0.717, 1.165) is 29.5 Å². The van der Waals surface area contributed by atoms with Crippen molar-refractivity contribution in [2.45, 2.75) is 25.6 Å². The number of carbonyl (C=O) groups is 1. The molecule has 0 aliphatic heterocycles. The Labute approximate surface area is 113 Å². The minimum absolute atomic E-state index is 0.123. The summed E-state index contributed by atoms with van der Waals surface area (Å²) in [5.41, 5.74) is 3.08. The summed E-state index contributed by atoms with van der Waals surface area (Å²) in [5.74, 6) is 0.123. The van der Waals surface area contributed by atoms with E-state index >= 15 is 0 Å². The summed E-state index contributed by atoms with van der Waals surface area (Å²) in [7, 11) is 0. The minimum Gasteiger partial charge on any atom is -0.365 e. The fraction of sp³-hybridized carbons (Fsp3) is 0.235. The van der Waals surface area contributed by atoms with Crippen LogP contribution in [-0.2, 0) is 17.8 Å². The highest BCUT2D eigenvalue weighted by molar-refractivity contribution is 6.01. The Kier molecular flexibility index (Phi) is 3.43. The van der Waals surface area contributed by atoms with Crippen LogP contribution in [0.25, 0.3) is 0 Å². The van der Waals surface area contributed by atoms with Crippen LogP contribution < -0.4 is 0 Å². The van der Waals surface area contributed by atoms with E-state index in [0.29, 0.717) is 6.61 Å². The Bertz CT molecular complexity index is 575. The highest BCUT2D eigenvalue weighted by Crippen LogP contribution is 2.23. The fourth-order valence-corrected chi connectivity index (χ4v) is 2.50. The maximum atomic E-state index is 12.3. The van der Waals surface area contributed by atoms with Gasteiger partial charge in [0.05, 0.1) is 6.61 Å². The Morgan fingerprint density at radius 3 is 2.58 bits per heavy atom. The summed E-state index contributed by atoms with van der Waals surface area (Å²) >= 11 is 0. The molecule has 19 heavy (non-hydrogen) atoms. The maximum absolute atomic E-state index is 12.3. The van der Waals surface area contributed by atoms with E-state index in [1.54, 1.807) is 0 Å². The van der Waals surface area contributed by atoms with Crippen LogP contribution in [0.5, 0.6) is 0 Å². The van der Waals surface area contributed by atoms with E-state index in [2.05, 4.69) is 0 Å². The second-order valence-corrected chi connectivity index (χ2v) is 4.85. The van der Waals surface area contributed by atoms with Gasteiger partial charge >= 0.3 is 0 Å². The average molecular weight is 252 g/mol. The normalized spacial score (nSPS) is 18.1. The number of fused-ring (bicyclic) bond motifs is 1. The number of ketones is 1. The molecule has 0 spiro atoms. The van der Waals surface area contributed by atoms with Crippen molar-refractivity contribution in [3.05, 3.63) is 71.3 Å². The first-order valence-corrected chi connectivity index (χ1v) is 6.62. The van der Waals surface area contributed by atoms with Crippen LogP contribution >= 0.6 is 0 Å². The van der Waals surface area contributed by atoms with Crippen molar-refractivity contribution < 1.29 is 9.53 Å². The molecule has 1 atom stereocenters. The molecule has 0 heterocycles. The number of carbonyl (C=O) groups excluding carboxylic acids is 1. The first kappa shape index (κ1) is 12.1. The quantitative estimate of drug-likeness (QED) is 0.836. The van der Waals surface area contributed by atoms with Crippen molar-refractivity contribution >= 4 is 5.78 Å². The third-order valence-corrected chi connectivity index (χ3v) is 3.55. The lowest BCUT2D eigenvalue weighted by molar-refractivity contribution is 0.0285. The van der Waals surface area contributed by atoms with Gasteiger partial charge in [-0.1, -0.05) is 54.6 Å². The molecule has 1 unspecified atom stereocenters. The minimum atomic E-state index is -0.296. The lowest BCUT2D eigenvalue weighted by Crippen LogP contribution is -2.30. The SMILES string of the molecule is O=C1c2ccccc2CCC1OCc1ccccc1. The van der Waals surface area contributed by atoms with E-state index in [1.807, 2.05) is 54.6 Å². The van der Waals surface area contributed by atoms with E-state index in [4.69, 9.17) is 4.74 Å². The van der Waals surface area contributed by atoms with E-state index in [-0.39, 0.29) is 11.9 Å². The van der Waals surface area contributed by atoms with E-state index in [1.165, 1.54) is 0 Å². The molecular formula is C17H16O2. The predicted octanol–water partition coefficient (Wildman–Crippen LogP) is 3.40. The molecule has 1 aliphatic rings. The molecule has 2 nitrogen and oxygen atoms in total. The summed E-state index contributed by atoms with van der Waals surface area (Å²) in [6.45, 7) is 0.499. The van der Waals surface area contributed by atoms with Gasteiger partial charge in [-0.15, -0.1) is 0 Å². The molecule has 0 radical (unpaired) electrons. The molecule has 1 aliphatic carbocycles. The van der Waals surface area contributed by atoms with Crippen LogP contribution in [0.1, 0.15) is 27.9 Å². The lowest BCUT2D eigenvalue weighted by Gasteiger charge is -2.23. The first-order valence-electron chi connectivity index (χ1n) is 6.62. The number of ether oxygens (including phenoxy) is 1. The summed E-state index contributed by atoms with van der Waals surface area (Å²) in [5, 5.41) is 0. The van der Waals surface area contributed by atoms with Crippen LogP contribution in [0.2, 0.25) is 0 Å². The number of aryl methyl sites for hydroxylation is 1. The number of benzene rings is 2. The van der Waals surface area contributed by atoms with Gasteiger partial charge < -0.3 is 4.74 Å². The molecule has 2 heteroatoms. The standard InChI is InChI=1S/C17H16O2/c18-17-15-9-5-4-8-14(15)10-11-16(17)19-12-13-6-2-1-3-7-13/h1-9,16H,10-12H2. The van der Waals surface area contributed by atoms with Crippen molar-refractivity contribution in [2.75, 3.05) is 0 Å². The number of hydrogen-bond acceptors (Lipinski definition) is 2. The van der Waals surface area contributed by atoms with Gasteiger partial charge in [0, 0.05) is 5.56 Å². The highest BCUT2D eigenvalue weighted by atomic mass is 16.5. The molecule has 0 aromatic heterocycles. The molecule has 96 valence electrons. The molecule has 2 aromatic rings. The Morgan fingerprint density at radius 2 is 1.74 bits per heavy atom. The zero-order valence-electron chi connectivity index (χ0n) is 10.7. The van der Waals surface area contributed by atoms with Gasteiger partial charge in [0.1, 0.15) is 6.10 Å². The van der Waals surface area contributed by atoms with Crippen molar-refractivity contribution in [3.8, 4) is 0 Å². The third-order valence-electron chi connectivity index (χ3n) is 3.55. The van der Waals surface area contributed by atoms with Crippen LogP contribution in [0.3, 0.4) is 0 Å². The lowest BCUT2D eigenvalue weighted by atomic mass is 9.89. The molecule has 2 aromatic carbocycles. The van der Waals surface area contributed by atoms with E-state index < -0.39 is 0 Å². The maximum Gasteiger partial charge on any atom is 0.191 e. The van der Waals surface area contributed by atoms with Gasteiger partial charge in [-0.2, -0.15) is 0 Å². The van der Waals surface area contributed by atoms with Gasteiger partial charge in [-0.25, -0.2) is 0 Å². The van der Waals surface area contributed by atoms with Gasteiger partial charge in [0.25, 0.3) is 0 Å². The molecule has 3 rings (SSSR count). The highest BCUT2D eigenvalue weighted by Gasteiger charge is 2.27. The van der Waals surface area contributed by atoms with Crippen LogP contribution in [0.15, 0.2) is 54.6 Å². The number of rotatable bonds is 3. The Hall–Kier alpha value is -1.93. The summed E-state index contributed by atoms with van der Waals surface area (Å²) in [4.78, 5) is 12.3. The van der Waals surface area contributed by atoms with Gasteiger partial charge in [-0.3, -0.25) is 4.79 Å². The van der Waals surface area contributed by atoms with Crippen LogP contribution in [-0.4, -0.2) is 11.9 Å². The van der Waals surface area contributed by atoms with Crippen LogP contribution in [0.4, 0.5) is 0 Å². The molecule has 0 bridgehead atoms.